The first-order valence-electron chi connectivity index (χ1n) is 5.36. The minimum atomic E-state index is -0.517. The van der Waals surface area contributed by atoms with Gasteiger partial charge in [0, 0.05) is 11.0 Å². The molecule has 1 saturated heterocycles. The molecular weight excluding hydrogens is 258 g/mol. The smallest absolute Gasteiger partial charge is 0.407 e. The van der Waals surface area contributed by atoms with Crippen LogP contribution in [0.5, 0.6) is 11.5 Å². The molecule has 0 aliphatic carbocycles. The zero-order valence-electron chi connectivity index (χ0n) is 10.1. The van der Waals surface area contributed by atoms with Gasteiger partial charge in [-0.05, 0) is 6.07 Å². The van der Waals surface area contributed by atoms with Crippen molar-refractivity contribution < 1.29 is 19.7 Å². The number of ether oxygens (including phenoxy) is 1. The molecule has 100 valence electrons. The largest absolute Gasteiger partial charge is 0.504 e. The Balaban J connectivity index is 0.00000162. The lowest BCUT2D eigenvalue weighted by molar-refractivity contribution is 0.0380. The van der Waals surface area contributed by atoms with Gasteiger partial charge in [-0.15, -0.1) is 12.4 Å². The van der Waals surface area contributed by atoms with Gasteiger partial charge in [-0.25, -0.2) is 4.79 Å². The van der Waals surface area contributed by atoms with E-state index in [1.807, 2.05) is 13.8 Å². The summed E-state index contributed by atoms with van der Waals surface area (Å²) < 4.78 is 4.92. The van der Waals surface area contributed by atoms with Crippen LogP contribution in [-0.4, -0.2) is 22.9 Å². The maximum atomic E-state index is 11.3. The van der Waals surface area contributed by atoms with Gasteiger partial charge in [-0.3, -0.25) is 0 Å². The zero-order valence-corrected chi connectivity index (χ0v) is 11.0. The van der Waals surface area contributed by atoms with E-state index in [2.05, 4.69) is 5.32 Å². The van der Waals surface area contributed by atoms with Gasteiger partial charge in [0.25, 0.3) is 0 Å². The molecule has 6 heteroatoms. The zero-order chi connectivity index (χ0) is 12.6. The van der Waals surface area contributed by atoms with Crippen LogP contribution in [0.15, 0.2) is 18.2 Å². The third-order valence-corrected chi connectivity index (χ3v) is 2.98. The highest BCUT2D eigenvalue weighted by Crippen LogP contribution is 2.42. The average molecular weight is 274 g/mol. The third-order valence-electron chi connectivity index (χ3n) is 2.98. The molecule has 1 aliphatic rings. The summed E-state index contributed by atoms with van der Waals surface area (Å²) in [5.74, 6) is -0.396. The van der Waals surface area contributed by atoms with Crippen molar-refractivity contribution in [2.24, 2.45) is 5.41 Å². The minimum absolute atomic E-state index is 0. The normalized spacial score (nSPS) is 21.4. The van der Waals surface area contributed by atoms with Crippen LogP contribution in [0.25, 0.3) is 0 Å². The highest BCUT2D eigenvalue weighted by molar-refractivity contribution is 5.85. The fourth-order valence-corrected chi connectivity index (χ4v) is 1.97. The second kappa shape index (κ2) is 4.94. The van der Waals surface area contributed by atoms with Crippen LogP contribution in [-0.2, 0) is 4.74 Å². The highest BCUT2D eigenvalue weighted by Gasteiger charge is 2.39. The van der Waals surface area contributed by atoms with E-state index in [4.69, 9.17) is 4.74 Å². The van der Waals surface area contributed by atoms with Gasteiger partial charge in [-0.1, -0.05) is 26.0 Å². The average Bonchev–Trinajstić information content (AvgIpc) is 2.26. The number of aromatic hydroxyl groups is 2. The number of alkyl carbamates (subject to hydrolysis) is 1. The van der Waals surface area contributed by atoms with E-state index in [0.717, 1.165) is 0 Å². The number of halogens is 1. The molecule has 5 nitrogen and oxygen atoms in total. The van der Waals surface area contributed by atoms with Crippen LogP contribution >= 0.6 is 12.4 Å². The molecule has 1 atom stereocenters. The number of cyclic esters (lactones) is 1. The molecule has 2 rings (SSSR count). The minimum Gasteiger partial charge on any atom is -0.504 e. The number of phenolic OH excluding ortho intramolecular Hbond substituents is 2. The molecule has 1 fully saturated rings. The highest BCUT2D eigenvalue weighted by atomic mass is 35.5. The number of rotatable bonds is 1. The van der Waals surface area contributed by atoms with Gasteiger partial charge < -0.3 is 20.3 Å². The van der Waals surface area contributed by atoms with Gasteiger partial charge in [0.05, 0.1) is 6.04 Å². The molecule has 1 amide bonds. The van der Waals surface area contributed by atoms with Gasteiger partial charge in [0.1, 0.15) is 6.61 Å². The van der Waals surface area contributed by atoms with Crippen LogP contribution < -0.4 is 5.32 Å². The number of para-hydroxylation sites is 1. The molecule has 1 heterocycles. The summed E-state index contributed by atoms with van der Waals surface area (Å²) in [5.41, 5.74) is 0.130. The molecule has 1 aliphatic heterocycles. The Kier molecular flexibility index (Phi) is 3.96. The lowest BCUT2D eigenvalue weighted by Crippen LogP contribution is -2.46. The number of phenols is 2. The Morgan fingerprint density at radius 1 is 1.39 bits per heavy atom. The molecular formula is C12H16ClNO4. The predicted molar refractivity (Wildman–Crippen MR) is 68.0 cm³/mol. The fourth-order valence-electron chi connectivity index (χ4n) is 1.97. The van der Waals surface area contributed by atoms with Crippen molar-refractivity contribution in [3.8, 4) is 11.5 Å². The van der Waals surface area contributed by atoms with Crippen molar-refractivity contribution in [1.82, 2.24) is 5.32 Å². The van der Waals surface area contributed by atoms with Gasteiger partial charge in [0.2, 0.25) is 0 Å². The molecule has 0 saturated carbocycles. The number of carbonyl (C=O) groups is 1. The van der Waals surface area contributed by atoms with Gasteiger partial charge in [0.15, 0.2) is 11.5 Å². The lowest BCUT2D eigenvalue weighted by atomic mass is 9.80. The summed E-state index contributed by atoms with van der Waals surface area (Å²) in [4.78, 5) is 11.3. The molecule has 3 N–H and O–H groups in total. The quantitative estimate of drug-likeness (QED) is 0.686. The van der Waals surface area contributed by atoms with Crippen molar-refractivity contribution in [3.05, 3.63) is 23.8 Å². The van der Waals surface area contributed by atoms with Crippen molar-refractivity contribution in [2.75, 3.05) is 6.61 Å². The molecule has 0 bridgehead atoms. The van der Waals surface area contributed by atoms with E-state index in [1.54, 1.807) is 12.1 Å². The topological polar surface area (TPSA) is 78.8 Å². The SMILES string of the molecule is CC1(C)COC(=O)N[C@H]1c1cccc(O)c1O.Cl. The molecule has 0 radical (unpaired) electrons. The lowest BCUT2D eigenvalue weighted by Gasteiger charge is -2.38. The summed E-state index contributed by atoms with van der Waals surface area (Å²) in [5, 5.41) is 22.0. The third kappa shape index (κ3) is 2.46. The fraction of sp³-hybridized carbons (Fsp3) is 0.417. The Labute approximate surface area is 111 Å². The Morgan fingerprint density at radius 3 is 2.72 bits per heavy atom. The number of benzene rings is 1. The number of carbonyl (C=O) groups excluding carboxylic acids is 1. The Morgan fingerprint density at radius 2 is 2.06 bits per heavy atom. The Bertz CT molecular complexity index is 461. The van der Waals surface area contributed by atoms with Crippen LogP contribution in [0.1, 0.15) is 25.5 Å². The predicted octanol–water partition coefficient (Wildman–Crippen LogP) is 2.33. The molecule has 1 aromatic carbocycles. The first-order chi connectivity index (χ1) is 7.92. The van der Waals surface area contributed by atoms with Crippen molar-refractivity contribution in [1.29, 1.82) is 0 Å². The van der Waals surface area contributed by atoms with Crippen LogP contribution in [0.2, 0.25) is 0 Å². The van der Waals surface area contributed by atoms with Gasteiger partial charge >= 0.3 is 6.09 Å². The maximum absolute atomic E-state index is 11.3. The maximum Gasteiger partial charge on any atom is 0.407 e. The van der Waals surface area contributed by atoms with E-state index in [1.165, 1.54) is 6.07 Å². The molecule has 1 aromatic rings. The number of amides is 1. The Hall–Kier alpha value is -1.62. The standard InChI is InChI=1S/C12H15NO4.ClH/c1-12(2)6-17-11(16)13-10(12)7-4-3-5-8(14)9(7)15;/h3-5,10,14-15H,6H2,1-2H3,(H,13,16);1H/t10-;/m0./s1. The second-order valence-corrected chi connectivity index (χ2v) is 4.86. The number of hydrogen-bond acceptors (Lipinski definition) is 4. The summed E-state index contributed by atoms with van der Waals surface area (Å²) >= 11 is 0. The van der Waals surface area contributed by atoms with Gasteiger partial charge in [-0.2, -0.15) is 0 Å². The number of nitrogens with one attached hydrogen (secondary N) is 1. The molecule has 0 spiro atoms. The monoisotopic (exact) mass is 273 g/mol. The van der Waals surface area contributed by atoms with Crippen LogP contribution in [0.3, 0.4) is 0 Å². The number of hydrogen-bond donors (Lipinski definition) is 3. The van der Waals surface area contributed by atoms with Crippen LogP contribution in [0.4, 0.5) is 4.79 Å². The van der Waals surface area contributed by atoms with Crippen molar-refractivity contribution in [3.63, 3.8) is 0 Å². The summed E-state index contributed by atoms with van der Waals surface area (Å²) in [6.07, 6.45) is -0.517. The summed E-state index contributed by atoms with van der Waals surface area (Å²) in [6.45, 7) is 4.10. The van der Waals surface area contributed by atoms with E-state index in [0.29, 0.717) is 5.56 Å². The van der Waals surface area contributed by atoms with Crippen LogP contribution in [0, 0.1) is 5.41 Å². The van der Waals surface area contributed by atoms with E-state index < -0.39 is 12.1 Å². The van der Waals surface area contributed by atoms with E-state index >= 15 is 0 Å². The van der Waals surface area contributed by atoms with Crippen molar-refractivity contribution in [2.45, 2.75) is 19.9 Å². The van der Waals surface area contributed by atoms with Crippen molar-refractivity contribution >= 4 is 18.5 Å². The first-order valence-corrected chi connectivity index (χ1v) is 5.36. The molecule has 0 unspecified atom stereocenters. The van der Waals surface area contributed by atoms with E-state index in [9.17, 15) is 15.0 Å². The first kappa shape index (κ1) is 14.4. The molecule has 18 heavy (non-hydrogen) atoms. The molecule has 0 aromatic heterocycles. The van der Waals surface area contributed by atoms with E-state index in [-0.39, 0.29) is 35.9 Å². The second-order valence-electron chi connectivity index (χ2n) is 4.86. The summed E-state index contributed by atoms with van der Waals surface area (Å²) in [6, 6.07) is 4.30. The summed E-state index contributed by atoms with van der Waals surface area (Å²) in [7, 11) is 0.